The Morgan fingerprint density at radius 2 is 1.87 bits per heavy atom. The molecular weight excluding hydrogens is 242 g/mol. The molecule has 0 atom stereocenters. The van der Waals surface area contributed by atoms with Crippen molar-refractivity contribution in [2.75, 3.05) is 7.11 Å². The van der Waals surface area contributed by atoms with Gasteiger partial charge in [-0.2, -0.15) is 0 Å². The monoisotopic (exact) mass is 246 g/mol. The second-order valence-electron chi connectivity index (χ2n) is 2.78. The number of aromatic nitrogens is 2. The van der Waals surface area contributed by atoms with Crippen molar-refractivity contribution < 1.29 is 9.13 Å². The van der Waals surface area contributed by atoms with Gasteiger partial charge in [0.1, 0.15) is 11.3 Å². The molecule has 3 nitrogen and oxygen atoms in total. The summed E-state index contributed by atoms with van der Waals surface area (Å²) in [4.78, 5) is 7.69. The molecule has 0 saturated heterocycles. The van der Waals surface area contributed by atoms with Gasteiger partial charge in [0.05, 0.1) is 12.6 Å². The molecule has 0 aliphatic carbocycles. The van der Waals surface area contributed by atoms with E-state index in [1.54, 1.807) is 0 Å². The topological polar surface area (TPSA) is 35.0 Å². The first-order valence-electron chi connectivity index (χ1n) is 3.98. The molecule has 2 rings (SSSR count). The van der Waals surface area contributed by atoms with Crippen LogP contribution in [0.2, 0.25) is 10.3 Å². The first-order valence-corrected chi connectivity index (χ1v) is 4.73. The maximum absolute atomic E-state index is 13.5. The van der Waals surface area contributed by atoms with E-state index < -0.39 is 5.82 Å². The second-order valence-corrected chi connectivity index (χ2v) is 3.50. The summed E-state index contributed by atoms with van der Waals surface area (Å²) in [6, 6.07) is 2.74. The minimum atomic E-state index is -0.546. The Bertz CT molecular complexity index is 533. The van der Waals surface area contributed by atoms with Crippen LogP contribution in [0.4, 0.5) is 4.39 Å². The number of fused-ring (bicyclic) bond motifs is 1. The molecule has 0 spiro atoms. The lowest BCUT2D eigenvalue weighted by atomic mass is 10.2. The SMILES string of the molecule is COc1cc(F)c2nc(Cl)c(Cl)nc2c1. The van der Waals surface area contributed by atoms with Crippen molar-refractivity contribution in [3.63, 3.8) is 0 Å². The van der Waals surface area contributed by atoms with E-state index in [1.807, 2.05) is 0 Å². The maximum atomic E-state index is 13.5. The van der Waals surface area contributed by atoms with Crippen LogP contribution in [-0.2, 0) is 0 Å². The van der Waals surface area contributed by atoms with E-state index in [4.69, 9.17) is 27.9 Å². The average molecular weight is 247 g/mol. The van der Waals surface area contributed by atoms with Crippen LogP contribution in [0.5, 0.6) is 5.75 Å². The molecule has 78 valence electrons. The molecule has 0 aliphatic rings. The van der Waals surface area contributed by atoms with Crippen LogP contribution < -0.4 is 4.74 Å². The van der Waals surface area contributed by atoms with Crippen molar-refractivity contribution >= 4 is 34.2 Å². The van der Waals surface area contributed by atoms with Gasteiger partial charge in [-0.1, -0.05) is 23.2 Å². The zero-order chi connectivity index (χ0) is 11.0. The quantitative estimate of drug-likeness (QED) is 0.776. The Balaban J connectivity index is 2.80. The van der Waals surface area contributed by atoms with Crippen molar-refractivity contribution in [2.24, 2.45) is 0 Å². The smallest absolute Gasteiger partial charge is 0.167 e. The van der Waals surface area contributed by atoms with Crippen LogP contribution in [0.25, 0.3) is 11.0 Å². The summed E-state index contributed by atoms with van der Waals surface area (Å²) in [5.74, 6) is -0.192. The summed E-state index contributed by atoms with van der Waals surface area (Å²) in [7, 11) is 1.44. The largest absolute Gasteiger partial charge is 0.497 e. The van der Waals surface area contributed by atoms with Gasteiger partial charge < -0.3 is 4.74 Å². The van der Waals surface area contributed by atoms with Crippen LogP contribution in [0.3, 0.4) is 0 Å². The van der Waals surface area contributed by atoms with Crippen molar-refractivity contribution in [3.05, 3.63) is 28.3 Å². The van der Waals surface area contributed by atoms with Crippen molar-refractivity contribution in [1.29, 1.82) is 0 Å². The van der Waals surface area contributed by atoms with Crippen molar-refractivity contribution in [3.8, 4) is 5.75 Å². The van der Waals surface area contributed by atoms with Crippen molar-refractivity contribution in [2.45, 2.75) is 0 Å². The molecule has 15 heavy (non-hydrogen) atoms. The molecular formula is C9H5Cl2FN2O. The molecule has 0 unspecified atom stereocenters. The van der Waals surface area contributed by atoms with Gasteiger partial charge in [0, 0.05) is 12.1 Å². The number of rotatable bonds is 1. The highest BCUT2D eigenvalue weighted by molar-refractivity contribution is 6.40. The highest BCUT2D eigenvalue weighted by Gasteiger charge is 2.10. The van der Waals surface area contributed by atoms with E-state index in [1.165, 1.54) is 19.2 Å². The first-order chi connectivity index (χ1) is 7.11. The summed E-state index contributed by atoms with van der Waals surface area (Å²) >= 11 is 11.3. The predicted octanol–water partition coefficient (Wildman–Crippen LogP) is 3.08. The lowest BCUT2D eigenvalue weighted by Crippen LogP contribution is -1.92. The molecule has 1 heterocycles. The highest BCUT2D eigenvalue weighted by Crippen LogP contribution is 2.26. The molecule has 0 N–H and O–H groups in total. The van der Waals surface area contributed by atoms with Crippen LogP contribution in [0.15, 0.2) is 12.1 Å². The van der Waals surface area contributed by atoms with Gasteiger partial charge in [-0.3, -0.25) is 0 Å². The van der Waals surface area contributed by atoms with Crippen LogP contribution in [-0.4, -0.2) is 17.1 Å². The zero-order valence-electron chi connectivity index (χ0n) is 7.59. The fourth-order valence-corrected chi connectivity index (χ4v) is 1.43. The van der Waals surface area contributed by atoms with E-state index in [2.05, 4.69) is 9.97 Å². The molecule has 0 bridgehead atoms. The molecule has 0 fully saturated rings. The molecule has 0 saturated carbocycles. The molecule has 1 aromatic heterocycles. The van der Waals surface area contributed by atoms with Gasteiger partial charge in [0.2, 0.25) is 0 Å². The summed E-state index contributed by atoms with van der Waals surface area (Å²) < 4.78 is 18.4. The number of hydrogen-bond acceptors (Lipinski definition) is 3. The maximum Gasteiger partial charge on any atom is 0.167 e. The Kier molecular flexibility index (Phi) is 2.63. The molecule has 0 aliphatic heterocycles. The van der Waals surface area contributed by atoms with Crippen LogP contribution in [0.1, 0.15) is 0 Å². The van der Waals surface area contributed by atoms with E-state index in [9.17, 15) is 4.39 Å². The standard InChI is InChI=1S/C9H5Cl2FN2O/c1-15-4-2-5(12)7-6(3-4)13-8(10)9(11)14-7/h2-3H,1H3. The summed E-state index contributed by atoms with van der Waals surface area (Å²) in [6.07, 6.45) is 0. The average Bonchev–Trinajstić information content (AvgIpc) is 2.21. The summed E-state index contributed by atoms with van der Waals surface area (Å²) in [5, 5.41) is 0.0186. The number of halogens is 3. The number of nitrogens with zero attached hydrogens (tertiary/aromatic N) is 2. The first kappa shape index (κ1) is 10.4. The van der Waals surface area contributed by atoms with Crippen LogP contribution in [0, 0.1) is 5.82 Å². The third-order valence-electron chi connectivity index (χ3n) is 1.85. The Morgan fingerprint density at radius 1 is 1.20 bits per heavy atom. The third-order valence-corrected chi connectivity index (χ3v) is 2.48. The summed E-state index contributed by atoms with van der Waals surface area (Å²) in [5.41, 5.74) is 0.381. The fraction of sp³-hybridized carbons (Fsp3) is 0.111. The lowest BCUT2D eigenvalue weighted by Gasteiger charge is -2.04. The second kappa shape index (κ2) is 3.79. The van der Waals surface area contributed by atoms with Gasteiger partial charge >= 0.3 is 0 Å². The third kappa shape index (κ3) is 1.82. The minimum Gasteiger partial charge on any atom is -0.497 e. The van der Waals surface area contributed by atoms with Crippen LogP contribution >= 0.6 is 23.2 Å². The van der Waals surface area contributed by atoms with E-state index >= 15 is 0 Å². The highest BCUT2D eigenvalue weighted by atomic mass is 35.5. The molecule has 1 aromatic carbocycles. The predicted molar refractivity (Wildman–Crippen MR) is 56.1 cm³/mol. The number of hydrogen-bond donors (Lipinski definition) is 0. The van der Waals surface area contributed by atoms with Gasteiger partial charge in [-0.15, -0.1) is 0 Å². The fourth-order valence-electron chi connectivity index (χ4n) is 1.17. The molecule has 2 aromatic rings. The Morgan fingerprint density at radius 3 is 2.53 bits per heavy atom. The Hall–Kier alpha value is -1.13. The number of benzene rings is 1. The minimum absolute atomic E-state index is 0.0202. The summed E-state index contributed by atoms with van der Waals surface area (Å²) in [6.45, 7) is 0. The molecule has 0 radical (unpaired) electrons. The van der Waals surface area contributed by atoms with Gasteiger partial charge in [-0.25, -0.2) is 14.4 Å². The zero-order valence-corrected chi connectivity index (χ0v) is 9.10. The van der Waals surface area contributed by atoms with Gasteiger partial charge in [0.15, 0.2) is 16.1 Å². The number of ether oxygens (including phenoxy) is 1. The van der Waals surface area contributed by atoms with Gasteiger partial charge in [0.25, 0.3) is 0 Å². The van der Waals surface area contributed by atoms with E-state index in [0.717, 1.165) is 0 Å². The Labute approximate surface area is 94.8 Å². The van der Waals surface area contributed by atoms with Crippen molar-refractivity contribution in [1.82, 2.24) is 9.97 Å². The molecule has 0 amide bonds. The van der Waals surface area contributed by atoms with Gasteiger partial charge in [-0.05, 0) is 0 Å². The molecule has 6 heteroatoms. The van der Waals surface area contributed by atoms with E-state index in [0.29, 0.717) is 11.3 Å². The normalized spacial score (nSPS) is 10.7. The number of methoxy groups -OCH3 is 1. The lowest BCUT2D eigenvalue weighted by molar-refractivity contribution is 0.412. The van der Waals surface area contributed by atoms with E-state index in [-0.39, 0.29) is 15.8 Å².